The third-order valence-electron chi connectivity index (χ3n) is 2.67. The van der Waals surface area contributed by atoms with Gasteiger partial charge in [-0.3, -0.25) is 14.5 Å². The number of carbonyl (C=O) groups excluding carboxylic acids is 1. The molecule has 5 nitrogen and oxygen atoms in total. The van der Waals surface area contributed by atoms with E-state index in [1.165, 1.54) is 16.7 Å². The summed E-state index contributed by atoms with van der Waals surface area (Å²) in [5, 5.41) is 8.74. The van der Waals surface area contributed by atoms with Crippen LogP contribution in [0.15, 0.2) is 48.0 Å². The van der Waals surface area contributed by atoms with Crippen molar-refractivity contribution < 1.29 is 14.7 Å². The summed E-state index contributed by atoms with van der Waals surface area (Å²) in [6, 6.07) is 9.25. The number of aliphatic carboxylic acids is 1. The average Bonchev–Trinajstić information content (AvgIpc) is 2.68. The molecule has 1 fully saturated rings. The third-order valence-corrected chi connectivity index (χ3v) is 3.85. The first kappa shape index (κ1) is 14.3. The van der Waals surface area contributed by atoms with E-state index in [2.05, 4.69) is 11.6 Å². The molecule has 1 aliphatic heterocycles. The van der Waals surface area contributed by atoms with Gasteiger partial charge in [-0.15, -0.1) is 6.58 Å². The first-order valence-corrected chi connectivity index (χ1v) is 6.94. The van der Waals surface area contributed by atoms with Crippen LogP contribution in [0.3, 0.4) is 0 Å². The maximum Gasteiger partial charge on any atom is 0.305 e. The molecule has 0 spiro atoms. The fraction of sp³-hybridized carbons (Fsp3) is 0.214. The Kier molecular flexibility index (Phi) is 4.57. The standard InChI is InChI=1S/C14H14N2O3S/c1-2-8-16-13(19)11(9-12(17)18)20-14(16)15-10-6-4-3-5-7-10/h2-7,11H,1,8-9H2,(H,17,18)/t11-/m0/s1. The molecule has 1 aromatic carbocycles. The van der Waals surface area contributed by atoms with Crippen molar-refractivity contribution in [2.75, 3.05) is 6.54 Å². The first-order chi connectivity index (χ1) is 9.61. The van der Waals surface area contributed by atoms with Crippen molar-refractivity contribution in [1.29, 1.82) is 0 Å². The highest BCUT2D eigenvalue weighted by molar-refractivity contribution is 8.15. The average molecular weight is 290 g/mol. The molecule has 0 bridgehead atoms. The van der Waals surface area contributed by atoms with E-state index < -0.39 is 11.2 Å². The second-order valence-electron chi connectivity index (χ2n) is 4.17. The second-order valence-corrected chi connectivity index (χ2v) is 5.34. The molecule has 1 heterocycles. The Morgan fingerprint density at radius 2 is 2.15 bits per heavy atom. The lowest BCUT2D eigenvalue weighted by molar-refractivity contribution is -0.139. The van der Waals surface area contributed by atoms with Crippen molar-refractivity contribution in [3.05, 3.63) is 43.0 Å². The van der Waals surface area contributed by atoms with Gasteiger partial charge in [0.1, 0.15) is 5.25 Å². The molecule has 20 heavy (non-hydrogen) atoms. The van der Waals surface area contributed by atoms with Crippen LogP contribution in [0.4, 0.5) is 5.69 Å². The number of para-hydroxylation sites is 1. The van der Waals surface area contributed by atoms with Gasteiger partial charge in [-0.05, 0) is 12.1 Å². The molecule has 1 aliphatic rings. The van der Waals surface area contributed by atoms with Gasteiger partial charge >= 0.3 is 5.97 Å². The lowest BCUT2D eigenvalue weighted by atomic mass is 10.2. The van der Waals surface area contributed by atoms with Crippen LogP contribution in [0.5, 0.6) is 0 Å². The molecule has 1 aromatic rings. The van der Waals surface area contributed by atoms with Gasteiger partial charge in [0.15, 0.2) is 5.17 Å². The van der Waals surface area contributed by atoms with Gasteiger partial charge in [0.2, 0.25) is 5.91 Å². The molecule has 1 atom stereocenters. The lowest BCUT2D eigenvalue weighted by Crippen LogP contribution is -2.32. The van der Waals surface area contributed by atoms with Crippen LogP contribution in [-0.2, 0) is 9.59 Å². The van der Waals surface area contributed by atoms with Gasteiger partial charge in [0.25, 0.3) is 0 Å². The van der Waals surface area contributed by atoms with Crippen molar-refractivity contribution in [3.63, 3.8) is 0 Å². The largest absolute Gasteiger partial charge is 0.481 e. The van der Waals surface area contributed by atoms with Crippen molar-refractivity contribution in [3.8, 4) is 0 Å². The summed E-state index contributed by atoms with van der Waals surface area (Å²) in [7, 11) is 0. The van der Waals surface area contributed by atoms with E-state index in [0.717, 1.165) is 5.69 Å². The van der Waals surface area contributed by atoms with E-state index in [1.54, 1.807) is 6.08 Å². The summed E-state index contributed by atoms with van der Waals surface area (Å²) in [6.07, 6.45) is 1.40. The molecule has 1 saturated heterocycles. The van der Waals surface area contributed by atoms with Gasteiger partial charge < -0.3 is 5.11 Å². The summed E-state index contributed by atoms with van der Waals surface area (Å²) in [5.41, 5.74) is 0.729. The highest BCUT2D eigenvalue weighted by atomic mass is 32.2. The molecule has 104 valence electrons. The normalized spacial score (nSPS) is 20.4. The minimum atomic E-state index is -0.990. The minimum Gasteiger partial charge on any atom is -0.481 e. The molecular formula is C14H14N2O3S. The van der Waals surface area contributed by atoms with E-state index in [0.29, 0.717) is 11.7 Å². The quantitative estimate of drug-likeness (QED) is 0.845. The molecule has 0 unspecified atom stereocenters. The first-order valence-electron chi connectivity index (χ1n) is 6.06. The van der Waals surface area contributed by atoms with Crippen LogP contribution in [0.2, 0.25) is 0 Å². The number of nitrogens with zero attached hydrogens (tertiary/aromatic N) is 2. The Morgan fingerprint density at radius 3 is 2.75 bits per heavy atom. The van der Waals surface area contributed by atoms with Gasteiger partial charge in [-0.25, -0.2) is 4.99 Å². The van der Waals surface area contributed by atoms with Crippen LogP contribution in [0.1, 0.15) is 6.42 Å². The summed E-state index contributed by atoms with van der Waals surface area (Å²) in [5.74, 6) is -1.22. The number of thioether (sulfide) groups is 1. The summed E-state index contributed by atoms with van der Waals surface area (Å²) >= 11 is 1.19. The lowest BCUT2D eigenvalue weighted by Gasteiger charge is -2.13. The third kappa shape index (κ3) is 3.27. The summed E-state index contributed by atoms with van der Waals surface area (Å²) in [4.78, 5) is 28.8. The van der Waals surface area contributed by atoms with Crippen LogP contribution in [0.25, 0.3) is 0 Å². The van der Waals surface area contributed by atoms with Crippen molar-refractivity contribution in [1.82, 2.24) is 4.90 Å². The van der Waals surface area contributed by atoms with Crippen LogP contribution < -0.4 is 0 Å². The molecular weight excluding hydrogens is 276 g/mol. The number of rotatable bonds is 5. The number of hydrogen-bond acceptors (Lipinski definition) is 4. The number of carbonyl (C=O) groups is 2. The zero-order valence-corrected chi connectivity index (χ0v) is 11.5. The molecule has 0 saturated carbocycles. The molecule has 0 aromatic heterocycles. The fourth-order valence-electron chi connectivity index (χ4n) is 1.79. The minimum absolute atomic E-state index is 0.203. The van der Waals surface area contributed by atoms with Gasteiger partial charge in [-0.1, -0.05) is 36.0 Å². The van der Waals surface area contributed by atoms with Crippen LogP contribution in [-0.4, -0.2) is 38.8 Å². The van der Waals surface area contributed by atoms with Gasteiger partial charge in [0, 0.05) is 6.54 Å². The molecule has 1 amide bonds. The second kappa shape index (κ2) is 6.38. The molecule has 1 N–H and O–H groups in total. The van der Waals surface area contributed by atoms with E-state index in [4.69, 9.17) is 5.11 Å². The smallest absolute Gasteiger partial charge is 0.305 e. The van der Waals surface area contributed by atoms with E-state index in [1.807, 2.05) is 30.3 Å². The van der Waals surface area contributed by atoms with E-state index in [-0.39, 0.29) is 12.3 Å². The highest BCUT2D eigenvalue weighted by Gasteiger charge is 2.38. The zero-order chi connectivity index (χ0) is 14.5. The monoisotopic (exact) mass is 290 g/mol. The Morgan fingerprint density at radius 1 is 1.45 bits per heavy atom. The molecule has 0 aliphatic carbocycles. The van der Waals surface area contributed by atoms with Crippen LogP contribution in [0, 0.1) is 0 Å². The Hall–Kier alpha value is -2.08. The maximum absolute atomic E-state index is 12.1. The Bertz CT molecular complexity index is 557. The van der Waals surface area contributed by atoms with Crippen LogP contribution >= 0.6 is 11.8 Å². The number of amides is 1. The van der Waals surface area contributed by atoms with Gasteiger partial charge in [0.05, 0.1) is 12.1 Å². The maximum atomic E-state index is 12.1. The fourth-order valence-corrected chi connectivity index (χ4v) is 2.95. The van der Waals surface area contributed by atoms with Crippen molar-refractivity contribution in [2.24, 2.45) is 4.99 Å². The Labute approximate surface area is 121 Å². The highest BCUT2D eigenvalue weighted by Crippen LogP contribution is 2.31. The van der Waals surface area contributed by atoms with E-state index >= 15 is 0 Å². The number of carboxylic acids is 1. The number of hydrogen-bond donors (Lipinski definition) is 1. The number of benzene rings is 1. The van der Waals surface area contributed by atoms with Gasteiger partial charge in [-0.2, -0.15) is 0 Å². The predicted molar refractivity (Wildman–Crippen MR) is 79.1 cm³/mol. The summed E-state index contributed by atoms with van der Waals surface area (Å²) in [6.45, 7) is 3.94. The number of carboxylic acid groups (broad SMARTS) is 1. The Balaban J connectivity index is 2.26. The van der Waals surface area contributed by atoms with Crippen molar-refractivity contribution >= 4 is 34.5 Å². The van der Waals surface area contributed by atoms with Crippen molar-refractivity contribution in [2.45, 2.75) is 11.7 Å². The summed E-state index contributed by atoms with van der Waals surface area (Å²) < 4.78 is 0. The molecule has 6 heteroatoms. The predicted octanol–water partition coefficient (Wildman–Crippen LogP) is 2.28. The zero-order valence-electron chi connectivity index (χ0n) is 10.7. The topological polar surface area (TPSA) is 70.0 Å². The number of amidine groups is 1. The number of aliphatic imine (C=N–C) groups is 1. The van der Waals surface area contributed by atoms with E-state index in [9.17, 15) is 9.59 Å². The molecule has 0 radical (unpaired) electrons. The SMILES string of the molecule is C=CCN1C(=O)[C@H](CC(=O)O)SC1=Nc1ccccc1. The molecule has 2 rings (SSSR count).